The molecule has 3 aromatic rings. The van der Waals surface area contributed by atoms with E-state index in [1.54, 1.807) is 11.3 Å². The molecule has 2 heterocycles. The number of fused-ring (bicyclic) bond motifs is 1. The minimum atomic E-state index is 0.323. The molecule has 18 heavy (non-hydrogen) atoms. The normalized spacial score (nSPS) is 12.7. The van der Waals surface area contributed by atoms with Gasteiger partial charge >= 0.3 is 0 Å². The Morgan fingerprint density at radius 2 is 1.94 bits per heavy atom. The number of thiophene rings is 1. The molecule has 0 saturated heterocycles. The standard InChI is InChI=1S/C15H12BrNS/c16-14(9-11-5-3-4-8-17-11)13-10-18-15-7-2-1-6-12(13)15/h1-8,10,14H,9H2. The molecule has 3 heteroatoms. The zero-order chi connectivity index (χ0) is 12.4. The number of rotatable bonds is 3. The fraction of sp³-hybridized carbons (Fsp3) is 0.133. The Hall–Kier alpha value is -1.19. The average Bonchev–Trinajstić information content (AvgIpc) is 2.84. The van der Waals surface area contributed by atoms with Crippen LogP contribution in [0.25, 0.3) is 10.1 Å². The second kappa shape index (κ2) is 5.21. The third-order valence-electron chi connectivity index (χ3n) is 2.96. The molecule has 0 aliphatic heterocycles. The van der Waals surface area contributed by atoms with Crippen LogP contribution < -0.4 is 0 Å². The van der Waals surface area contributed by atoms with Gasteiger partial charge in [-0.2, -0.15) is 0 Å². The lowest BCUT2D eigenvalue weighted by Gasteiger charge is -2.08. The number of benzene rings is 1. The van der Waals surface area contributed by atoms with Crippen LogP contribution in [-0.4, -0.2) is 4.98 Å². The molecule has 0 N–H and O–H groups in total. The zero-order valence-corrected chi connectivity index (χ0v) is 12.1. The zero-order valence-electron chi connectivity index (χ0n) is 9.71. The summed E-state index contributed by atoms with van der Waals surface area (Å²) in [7, 11) is 0. The third kappa shape index (κ3) is 2.33. The van der Waals surface area contributed by atoms with E-state index >= 15 is 0 Å². The Morgan fingerprint density at radius 1 is 1.11 bits per heavy atom. The molecule has 90 valence electrons. The Labute approximate surface area is 119 Å². The predicted molar refractivity (Wildman–Crippen MR) is 81.4 cm³/mol. The third-order valence-corrected chi connectivity index (χ3v) is 4.76. The van der Waals surface area contributed by atoms with Gasteiger partial charge in [0.05, 0.1) is 0 Å². The lowest BCUT2D eigenvalue weighted by Crippen LogP contribution is -1.96. The summed E-state index contributed by atoms with van der Waals surface area (Å²) in [5, 5.41) is 3.59. The van der Waals surface area contributed by atoms with Gasteiger partial charge in [-0.25, -0.2) is 0 Å². The Morgan fingerprint density at radius 3 is 2.78 bits per heavy atom. The first-order chi connectivity index (χ1) is 8.84. The molecule has 1 atom stereocenters. The Bertz CT molecular complexity index is 648. The van der Waals surface area contributed by atoms with Crippen LogP contribution in [0.15, 0.2) is 54.0 Å². The maximum absolute atomic E-state index is 4.38. The average molecular weight is 318 g/mol. The lowest BCUT2D eigenvalue weighted by atomic mass is 10.1. The second-order valence-corrected chi connectivity index (χ2v) is 6.20. The highest BCUT2D eigenvalue weighted by atomic mass is 79.9. The number of nitrogens with zero attached hydrogens (tertiary/aromatic N) is 1. The lowest BCUT2D eigenvalue weighted by molar-refractivity contribution is 0.914. The fourth-order valence-corrected chi connectivity index (χ4v) is 3.95. The molecule has 1 nitrogen and oxygen atoms in total. The highest BCUT2D eigenvalue weighted by Gasteiger charge is 2.13. The van der Waals surface area contributed by atoms with E-state index in [0.717, 1.165) is 12.1 Å². The minimum absolute atomic E-state index is 0.323. The summed E-state index contributed by atoms with van der Waals surface area (Å²) in [4.78, 5) is 4.70. The Kier molecular flexibility index (Phi) is 3.43. The van der Waals surface area contributed by atoms with Gasteiger partial charge < -0.3 is 0 Å². The van der Waals surface area contributed by atoms with Gasteiger partial charge in [0.15, 0.2) is 0 Å². The number of halogens is 1. The van der Waals surface area contributed by atoms with Crippen LogP contribution in [-0.2, 0) is 6.42 Å². The van der Waals surface area contributed by atoms with Gasteiger partial charge in [-0.3, -0.25) is 4.98 Å². The van der Waals surface area contributed by atoms with E-state index in [1.165, 1.54) is 15.6 Å². The molecular formula is C15H12BrNS. The van der Waals surface area contributed by atoms with Crippen LogP contribution in [0.1, 0.15) is 16.1 Å². The van der Waals surface area contributed by atoms with Gasteiger partial charge in [0.1, 0.15) is 0 Å². The summed E-state index contributed by atoms with van der Waals surface area (Å²) in [6.07, 6.45) is 2.77. The largest absolute Gasteiger partial charge is 0.261 e. The molecule has 0 aliphatic carbocycles. The molecule has 3 rings (SSSR count). The van der Waals surface area contributed by atoms with Crippen molar-refractivity contribution in [2.75, 3.05) is 0 Å². The van der Waals surface area contributed by atoms with E-state index in [1.807, 2.05) is 18.3 Å². The van der Waals surface area contributed by atoms with Crippen molar-refractivity contribution in [3.63, 3.8) is 0 Å². The van der Waals surface area contributed by atoms with E-state index in [4.69, 9.17) is 0 Å². The van der Waals surface area contributed by atoms with Crippen LogP contribution in [0.2, 0.25) is 0 Å². The van der Waals surface area contributed by atoms with Gasteiger partial charge in [0.2, 0.25) is 0 Å². The van der Waals surface area contributed by atoms with E-state index < -0.39 is 0 Å². The predicted octanol–water partition coefficient (Wildman–Crippen LogP) is 4.98. The van der Waals surface area contributed by atoms with Gasteiger partial charge in [-0.15, -0.1) is 11.3 Å². The van der Waals surface area contributed by atoms with Crippen LogP contribution in [0, 0.1) is 0 Å². The smallest absolute Gasteiger partial charge is 0.0465 e. The Balaban J connectivity index is 1.90. The first-order valence-electron chi connectivity index (χ1n) is 5.85. The number of hydrogen-bond donors (Lipinski definition) is 0. The summed E-state index contributed by atoms with van der Waals surface area (Å²) < 4.78 is 1.35. The van der Waals surface area contributed by atoms with Crippen molar-refractivity contribution in [2.24, 2.45) is 0 Å². The minimum Gasteiger partial charge on any atom is -0.261 e. The van der Waals surface area contributed by atoms with Gasteiger partial charge in [0.25, 0.3) is 0 Å². The second-order valence-electron chi connectivity index (χ2n) is 4.18. The summed E-state index contributed by atoms with van der Waals surface area (Å²) in [5.74, 6) is 0. The van der Waals surface area contributed by atoms with Crippen molar-refractivity contribution in [3.05, 3.63) is 65.3 Å². The molecule has 0 spiro atoms. The van der Waals surface area contributed by atoms with Crippen molar-refractivity contribution < 1.29 is 0 Å². The highest BCUT2D eigenvalue weighted by molar-refractivity contribution is 9.09. The number of aromatic nitrogens is 1. The maximum Gasteiger partial charge on any atom is 0.0465 e. The van der Waals surface area contributed by atoms with Crippen molar-refractivity contribution in [2.45, 2.75) is 11.2 Å². The maximum atomic E-state index is 4.38. The van der Waals surface area contributed by atoms with Crippen molar-refractivity contribution in [3.8, 4) is 0 Å². The molecule has 0 saturated carbocycles. The molecule has 0 aliphatic rings. The molecule has 0 bridgehead atoms. The monoisotopic (exact) mass is 317 g/mol. The van der Waals surface area contributed by atoms with E-state index in [2.05, 4.69) is 56.6 Å². The van der Waals surface area contributed by atoms with E-state index in [0.29, 0.717) is 4.83 Å². The van der Waals surface area contributed by atoms with Crippen molar-refractivity contribution >= 4 is 37.4 Å². The summed E-state index contributed by atoms with van der Waals surface area (Å²) >= 11 is 5.59. The first-order valence-corrected chi connectivity index (χ1v) is 7.64. The summed E-state index contributed by atoms with van der Waals surface area (Å²) in [6, 6.07) is 14.6. The van der Waals surface area contributed by atoms with Gasteiger partial charge in [-0.1, -0.05) is 40.2 Å². The van der Waals surface area contributed by atoms with Crippen molar-refractivity contribution in [1.29, 1.82) is 0 Å². The number of alkyl halides is 1. The summed E-state index contributed by atoms with van der Waals surface area (Å²) in [6.45, 7) is 0. The highest BCUT2D eigenvalue weighted by Crippen LogP contribution is 2.35. The van der Waals surface area contributed by atoms with E-state index in [-0.39, 0.29) is 0 Å². The first kappa shape index (κ1) is 11.9. The molecule has 0 radical (unpaired) electrons. The SMILES string of the molecule is BrC(Cc1ccccn1)c1csc2ccccc12. The van der Waals surface area contributed by atoms with Gasteiger partial charge in [-0.05, 0) is 34.5 Å². The quantitative estimate of drug-likeness (QED) is 0.621. The fourth-order valence-electron chi connectivity index (χ4n) is 2.05. The van der Waals surface area contributed by atoms with Crippen LogP contribution in [0.3, 0.4) is 0 Å². The van der Waals surface area contributed by atoms with Crippen LogP contribution in [0.4, 0.5) is 0 Å². The molecule has 1 aromatic carbocycles. The van der Waals surface area contributed by atoms with E-state index in [9.17, 15) is 0 Å². The molecule has 0 fully saturated rings. The van der Waals surface area contributed by atoms with Crippen LogP contribution in [0.5, 0.6) is 0 Å². The molecular weight excluding hydrogens is 306 g/mol. The molecule has 0 amide bonds. The summed E-state index contributed by atoms with van der Waals surface area (Å²) in [5.41, 5.74) is 2.48. The van der Waals surface area contributed by atoms with Crippen molar-refractivity contribution in [1.82, 2.24) is 4.98 Å². The molecule has 2 aromatic heterocycles. The number of pyridine rings is 1. The number of hydrogen-bond acceptors (Lipinski definition) is 2. The molecule has 1 unspecified atom stereocenters. The van der Waals surface area contributed by atoms with Gasteiger partial charge in [0, 0.05) is 27.8 Å². The topological polar surface area (TPSA) is 12.9 Å². The van der Waals surface area contributed by atoms with Crippen LogP contribution >= 0.6 is 27.3 Å².